The molecule has 5 nitrogen and oxygen atoms in total. The van der Waals surface area contributed by atoms with Gasteiger partial charge in [-0.15, -0.1) is 0 Å². The molecule has 2 N–H and O–H groups in total. The van der Waals surface area contributed by atoms with Gasteiger partial charge in [0.2, 0.25) is 4.84 Å². The predicted octanol–water partition coefficient (Wildman–Crippen LogP) is 4.70. The van der Waals surface area contributed by atoms with E-state index >= 15 is 0 Å². The molecule has 0 fully saturated rings. The molecule has 0 unspecified atom stereocenters. The molecule has 0 aliphatic carbocycles. The van der Waals surface area contributed by atoms with Crippen molar-refractivity contribution in [3.8, 4) is 5.75 Å². The number of urea groups is 1. The maximum atomic E-state index is 13.5. The Morgan fingerprint density at radius 1 is 1.00 bits per heavy atom. The van der Waals surface area contributed by atoms with Crippen molar-refractivity contribution in [2.75, 3.05) is 5.32 Å². The summed E-state index contributed by atoms with van der Waals surface area (Å²) in [6.07, 6.45) is -3.97. The van der Waals surface area contributed by atoms with Crippen LogP contribution in [0.4, 0.5) is 28.0 Å². The molecule has 0 radical (unpaired) electrons. The Morgan fingerprint density at radius 2 is 1.59 bits per heavy atom. The average molecular weight is 425 g/mol. The number of alkyl halides is 4. The minimum atomic E-state index is -3.97. The molecule has 0 aromatic heterocycles. The van der Waals surface area contributed by atoms with Gasteiger partial charge in [-0.2, -0.15) is 8.78 Å². The van der Waals surface area contributed by atoms with Crippen molar-refractivity contribution in [3.05, 3.63) is 59.7 Å². The van der Waals surface area contributed by atoms with E-state index in [0.29, 0.717) is 0 Å². The minimum Gasteiger partial charge on any atom is -0.428 e. The van der Waals surface area contributed by atoms with Crippen LogP contribution in [0.2, 0.25) is 0 Å². The second kappa shape index (κ2) is 8.45. The third kappa shape index (κ3) is 5.24. The molecule has 0 saturated heterocycles. The van der Waals surface area contributed by atoms with Gasteiger partial charge in [-0.3, -0.25) is 10.1 Å². The number of halogens is 6. The van der Waals surface area contributed by atoms with Crippen molar-refractivity contribution in [1.82, 2.24) is 5.32 Å². The molecule has 0 atom stereocenters. The van der Waals surface area contributed by atoms with Gasteiger partial charge in [-0.1, -0.05) is 41.4 Å². The number of carbonyl (C=O) groups is 2. The minimum absolute atomic E-state index is 0.273. The van der Waals surface area contributed by atoms with E-state index in [0.717, 1.165) is 24.3 Å². The normalized spacial score (nSPS) is 11.2. The van der Waals surface area contributed by atoms with Crippen molar-refractivity contribution in [2.45, 2.75) is 10.9 Å². The van der Waals surface area contributed by atoms with Crippen LogP contribution < -0.4 is 15.4 Å². The maximum absolute atomic E-state index is 13.5. The Kier molecular flexibility index (Phi) is 6.50. The lowest BCUT2D eigenvalue weighted by molar-refractivity contribution is -0.163. The van der Waals surface area contributed by atoms with Crippen molar-refractivity contribution >= 4 is 40.8 Å². The number of ether oxygens (including phenoxy) is 1. The number of para-hydroxylation sites is 2. The first-order valence-corrected chi connectivity index (χ1v) is 7.99. The first-order valence-electron chi connectivity index (χ1n) is 7.12. The van der Waals surface area contributed by atoms with E-state index < -0.39 is 45.8 Å². The highest BCUT2D eigenvalue weighted by molar-refractivity contribution is 6.44. The summed E-state index contributed by atoms with van der Waals surface area (Å²) >= 11 is 10.2. The first-order chi connectivity index (χ1) is 12.6. The fourth-order valence-electron chi connectivity index (χ4n) is 1.88. The van der Waals surface area contributed by atoms with Gasteiger partial charge >= 0.3 is 12.1 Å². The zero-order valence-corrected chi connectivity index (χ0v) is 14.6. The van der Waals surface area contributed by atoms with Crippen molar-refractivity contribution in [3.63, 3.8) is 0 Å². The van der Waals surface area contributed by atoms with E-state index in [-0.39, 0.29) is 5.69 Å². The molecule has 0 saturated carbocycles. The summed E-state index contributed by atoms with van der Waals surface area (Å²) in [5.41, 5.74) is -1.25. The monoisotopic (exact) mass is 424 g/mol. The maximum Gasteiger partial charge on any atom is 0.428 e. The van der Waals surface area contributed by atoms with E-state index in [1.807, 2.05) is 0 Å². The highest BCUT2D eigenvalue weighted by atomic mass is 35.5. The standard InChI is InChI=1S/C16H10Cl2F4N2O3/c17-14(18)16(21,22)27-11-7-2-1-6-10(11)23-15(26)24-13(25)12-8(19)4-3-5-9(12)20/h1-7,14H,(H2,23,24,25,26). The Hall–Kier alpha value is -2.52. The molecule has 27 heavy (non-hydrogen) atoms. The smallest absolute Gasteiger partial charge is 0.428 e. The number of nitrogens with one attached hydrogen (secondary N) is 2. The molecule has 2 aromatic carbocycles. The number of imide groups is 1. The lowest BCUT2D eigenvalue weighted by Crippen LogP contribution is -2.36. The zero-order chi connectivity index (χ0) is 20.2. The highest BCUT2D eigenvalue weighted by Gasteiger charge is 2.40. The first kappa shape index (κ1) is 20.8. The fourth-order valence-corrected chi connectivity index (χ4v) is 1.97. The second-order valence-corrected chi connectivity index (χ2v) is 6.06. The number of anilines is 1. The van der Waals surface area contributed by atoms with Crippen LogP contribution in [0.15, 0.2) is 42.5 Å². The van der Waals surface area contributed by atoms with E-state index in [1.165, 1.54) is 18.2 Å². The molecule has 2 aromatic rings. The van der Waals surface area contributed by atoms with Crippen molar-refractivity contribution in [2.24, 2.45) is 0 Å². The van der Waals surface area contributed by atoms with E-state index in [9.17, 15) is 27.2 Å². The molecule has 0 aliphatic heterocycles. The molecule has 0 spiro atoms. The molecule has 0 heterocycles. The largest absolute Gasteiger partial charge is 0.428 e. The number of hydrogen-bond donors (Lipinski definition) is 2. The predicted molar refractivity (Wildman–Crippen MR) is 90.4 cm³/mol. The quantitative estimate of drug-likeness (QED) is 0.539. The molecule has 3 amide bonds. The Labute approximate surface area is 160 Å². The number of rotatable bonds is 5. The number of carbonyl (C=O) groups excluding carboxylic acids is 2. The molecule has 0 bridgehead atoms. The lowest BCUT2D eigenvalue weighted by atomic mass is 10.2. The van der Waals surface area contributed by atoms with Crippen LogP contribution in [-0.2, 0) is 0 Å². The van der Waals surface area contributed by atoms with E-state index in [1.54, 1.807) is 5.32 Å². The van der Waals surface area contributed by atoms with Crippen LogP contribution in [0.3, 0.4) is 0 Å². The van der Waals surface area contributed by atoms with E-state index in [4.69, 9.17) is 23.2 Å². The van der Waals surface area contributed by atoms with Crippen LogP contribution >= 0.6 is 23.2 Å². The van der Waals surface area contributed by atoms with Gasteiger partial charge < -0.3 is 10.1 Å². The van der Waals surface area contributed by atoms with Gasteiger partial charge in [0.25, 0.3) is 5.91 Å². The third-order valence-electron chi connectivity index (χ3n) is 3.05. The van der Waals surface area contributed by atoms with Crippen LogP contribution in [0, 0.1) is 11.6 Å². The Morgan fingerprint density at radius 3 is 2.19 bits per heavy atom. The fraction of sp³-hybridized carbons (Fsp3) is 0.125. The summed E-state index contributed by atoms with van der Waals surface area (Å²) in [6, 6.07) is 6.41. The molecular weight excluding hydrogens is 415 g/mol. The average Bonchev–Trinajstić information content (AvgIpc) is 2.56. The van der Waals surface area contributed by atoms with Gasteiger partial charge in [0, 0.05) is 0 Å². The van der Waals surface area contributed by atoms with Crippen molar-refractivity contribution in [1.29, 1.82) is 0 Å². The van der Waals surface area contributed by atoms with Gasteiger partial charge in [0.15, 0.2) is 0 Å². The van der Waals surface area contributed by atoms with Crippen LogP contribution in [0.1, 0.15) is 10.4 Å². The SMILES string of the molecule is O=C(NC(=O)c1c(F)cccc1F)Nc1ccccc1OC(F)(F)C(Cl)Cl. The number of hydrogen-bond acceptors (Lipinski definition) is 3. The zero-order valence-electron chi connectivity index (χ0n) is 13.1. The lowest BCUT2D eigenvalue weighted by Gasteiger charge is -2.20. The second-order valence-electron chi connectivity index (χ2n) is 4.97. The van der Waals surface area contributed by atoms with Crippen LogP contribution in [-0.4, -0.2) is 22.9 Å². The Bertz CT molecular complexity index is 845. The van der Waals surface area contributed by atoms with Gasteiger partial charge in [0.1, 0.15) is 22.9 Å². The highest BCUT2D eigenvalue weighted by Crippen LogP contribution is 2.34. The summed E-state index contributed by atoms with van der Waals surface area (Å²) in [5.74, 6) is -4.24. The Balaban J connectivity index is 2.14. The third-order valence-corrected chi connectivity index (χ3v) is 3.56. The van der Waals surface area contributed by atoms with E-state index in [2.05, 4.69) is 10.1 Å². The topological polar surface area (TPSA) is 67.4 Å². The number of benzene rings is 2. The summed E-state index contributed by atoms with van der Waals surface area (Å²) in [5, 5.41) is 3.73. The summed E-state index contributed by atoms with van der Waals surface area (Å²) in [6.45, 7) is 0. The van der Waals surface area contributed by atoms with Crippen molar-refractivity contribution < 1.29 is 31.9 Å². The number of amides is 3. The molecule has 2 rings (SSSR count). The van der Waals surface area contributed by atoms with Gasteiger partial charge in [-0.25, -0.2) is 13.6 Å². The van der Waals surface area contributed by atoms with Gasteiger partial charge in [-0.05, 0) is 24.3 Å². The summed E-state index contributed by atoms with van der Waals surface area (Å²) in [7, 11) is 0. The summed E-state index contributed by atoms with van der Waals surface area (Å²) < 4.78 is 58.5. The summed E-state index contributed by atoms with van der Waals surface area (Å²) in [4.78, 5) is 21.5. The van der Waals surface area contributed by atoms with Crippen LogP contribution in [0.25, 0.3) is 0 Å². The molecule has 11 heteroatoms. The molecular formula is C16H10Cl2F4N2O3. The molecule has 144 valence electrons. The van der Waals surface area contributed by atoms with Crippen LogP contribution in [0.5, 0.6) is 5.75 Å². The van der Waals surface area contributed by atoms with Gasteiger partial charge in [0.05, 0.1) is 5.69 Å². The molecule has 0 aliphatic rings.